The lowest BCUT2D eigenvalue weighted by Crippen LogP contribution is -2.30. The molecule has 0 bridgehead atoms. The van der Waals surface area contributed by atoms with Crippen molar-refractivity contribution in [2.24, 2.45) is 0 Å². The molecule has 1 atom stereocenters. The van der Waals surface area contributed by atoms with E-state index in [1.807, 2.05) is 0 Å². The summed E-state index contributed by atoms with van der Waals surface area (Å²) in [7, 11) is 0. The van der Waals surface area contributed by atoms with Crippen molar-refractivity contribution in [3.05, 3.63) is 170 Å². The Balaban J connectivity index is 4.44. The van der Waals surface area contributed by atoms with Gasteiger partial charge in [-0.3, -0.25) is 14.4 Å². The van der Waals surface area contributed by atoms with E-state index >= 15 is 0 Å². The Bertz CT molecular complexity index is 1700. The monoisotopic (exact) mass is 989 g/mol. The Labute approximate surface area is 441 Å². The third kappa shape index (κ3) is 55.7. The summed E-state index contributed by atoms with van der Waals surface area (Å²) in [4.78, 5) is 37.9. The van der Waals surface area contributed by atoms with Crippen molar-refractivity contribution in [3.63, 3.8) is 0 Å². The summed E-state index contributed by atoms with van der Waals surface area (Å²) in [6.07, 6.45) is 86.6. The van der Waals surface area contributed by atoms with Crippen LogP contribution < -0.4 is 0 Å². The third-order valence-electron chi connectivity index (χ3n) is 11.0. The second kappa shape index (κ2) is 58.3. The van der Waals surface area contributed by atoms with Gasteiger partial charge in [0.1, 0.15) is 13.2 Å². The molecule has 6 heteroatoms. The summed E-state index contributed by atoms with van der Waals surface area (Å²) in [5.74, 6) is -1.07. The second-order valence-corrected chi connectivity index (χ2v) is 17.7. The molecule has 1 unspecified atom stereocenters. The highest BCUT2D eigenvalue weighted by Gasteiger charge is 2.19. The molecule has 0 saturated carbocycles. The van der Waals surface area contributed by atoms with Crippen molar-refractivity contribution in [2.75, 3.05) is 13.2 Å². The van der Waals surface area contributed by atoms with Gasteiger partial charge in [-0.05, 0) is 122 Å². The van der Waals surface area contributed by atoms with Crippen LogP contribution in [0.5, 0.6) is 0 Å². The number of allylic oxidation sites excluding steroid dienone is 28. The zero-order valence-electron chi connectivity index (χ0n) is 45.6. The lowest BCUT2D eigenvalue weighted by Gasteiger charge is -2.18. The Hall–Kier alpha value is -5.23. The van der Waals surface area contributed by atoms with Crippen molar-refractivity contribution in [1.82, 2.24) is 0 Å². The SMILES string of the molecule is CC/C=C\C/C=C\C/C=C\C/C=C\C/C=C\C/C=C\C/C=C\C/C=C\C/C=C\CCCC(=O)OCC(COC(=O)CCCCCCCCCC)OC(=O)CCC/C=C\C/C=C\C/C=C\C/C=C\C/C=C\CC. The van der Waals surface area contributed by atoms with Crippen molar-refractivity contribution in [1.29, 1.82) is 0 Å². The van der Waals surface area contributed by atoms with Gasteiger partial charge in [0.15, 0.2) is 6.10 Å². The zero-order valence-corrected chi connectivity index (χ0v) is 45.6. The van der Waals surface area contributed by atoms with Gasteiger partial charge in [0.05, 0.1) is 0 Å². The average Bonchev–Trinajstić information content (AvgIpc) is 3.38. The van der Waals surface area contributed by atoms with Gasteiger partial charge < -0.3 is 14.2 Å². The van der Waals surface area contributed by atoms with E-state index in [-0.39, 0.29) is 38.0 Å². The molecule has 0 aromatic rings. The predicted molar refractivity (Wildman–Crippen MR) is 311 cm³/mol. The molecule has 0 aliphatic carbocycles. The summed E-state index contributed by atoms with van der Waals surface area (Å²) < 4.78 is 16.7. The van der Waals surface area contributed by atoms with Gasteiger partial charge >= 0.3 is 17.9 Å². The molecule has 0 radical (unpaired) electrons. The van der Waals surface area contributed by atoms with Crippen molar-refractivity contribution in [2.45, 2.75) is 213 Å². The first kappa shape index (κ1) is 66.8. The number of rotatable bonds is 48. The highest BCUT2D eigenvalue weighted by atomic mass is 16.6. The summed E-state index contributed by atoms with van der Waals surface area (Å²) in [5, 5.41) is 0. The molecule has 6 nitrogen and oxygen atoms in total. The molecule has 0 N–H and O–H groups in total. The summed E-state index contributed by atoms with van der Waals surface area (Å²) in [5.41, 5.74) is 0. The van der Waals surface area contributed by atoms with E-state index in [4.69, 9.17) is 14.2 Å². The number of esters is 3. The average molecular weight is 990 g/mol. The van der Waals surface area contributed by atoms with E-state index in [1.54, 1.807) is 0 Å². The molecular formula is C66H100O6. The molecular weight excluding hydrogens is 889 g/mol. The molecule has 400 valence electrons. The maximum Gasteiger partial charge on any atom is 0.306 e. The fraction of sp³-hybridized carbons (Fsp3) is 0.530. The maximum absolute atomic E-state index is 12.8. The minimum atomic E-state index is -0.837. The van der Waals surface area contributed by atoms with Gasteiger partial charge in [0.25, 0.3) is 0 Å². The molecule has 0 amide bonds. The standard InChI is InChI=1S/C66H100O6/c1-4-7-10-13-16-19-21-23-25-27-28-29-30-31-32-33-34-35-36-37-38-40-41-43-45-47-50-53-56-59-65(68)71-62-63(61-70-64(67)58-55-52-49-18-15-12-9-6-3)72-66(69)60-57-54-51-48-46-44-42-39-26-24-22-20-17-14-11-8-5-2/h7-8,10-11,16-17,19-20,23-26,28-29,31-32,34-35,37-38,41-44,47-48,50-51,63H,4-6,9,12-15,18,21-22,27,30,33,36,39-40,45-46,49,52-62H2,1-3H3/b10-7-,11-8-,19-16-,20-17-,25-23-,26-24-,29-28-,32-31-,35-34-,38-37-,43-41-,44-42-,50-47-,51-48-. The zero-order chi connectivity index (χ0) is 52.2. The topological polar surface area (TPSA) is 78.9 Å². The van der Waals surface area contributed by atoms with E-state index in [9.17, 15) is 14.4 Å². The quantitative estimate of drug-likeness (QED) is 0.0262. The van der Waals surface area contributed by atoms with Gasteiger partial charge in [-0.25, -0.2) is 0 Å². The number of carbonyl (C=O) groups is 3. The first-order valence-corrected chi connectivity index (χ1v) is 28.1. The minimum absolute atomic E-state index is 0.126. The Morgan fingerprint density at radius 1 is 0.292 bits per heavy atom. The third-order valence-corrected chi connectivity index (χ3v) is 11.0. The normalized spacial score (nSPS) is 13.4. The van der Waals surface area contributed by atoms with E-state index in [2.05, 4.69) is 191 Å². The first-order valence-electron chi connectivity index (χ1n) is 28.1. The van der Waals surface area contributed by atoms with Crippen molar-refractivity contribution >= 4 is 17.9 Å². The summed E-state index contributed by atoms with van der Waals surface area (Å²) in [6.45, 7) is 6.25. The van der Waals surface area contributed by atoms with E-state index in [1.165, 1.54) is 32.1 Å². The highest BCUT2D eigenvalue weighted by Crippen LogP contribution is 2.12. The molecule has 0 aromatic carbocycles. The minimum Gasteiger partial charge on any atom is -0.462 e. The van der Waals surface area contributed by atoms with Crippen LogP contribution >= 0.6 is 0 Å². The van der Waals surface area contributed by atoms with Gasteiger partial charge in [0, 0.05) is 19.3 Å². The Morgan fingerprint density at radius 3 is 0.847 bits per heavy atom. The number of unbranched alkanes of at least 4 members (excludes halogenated alkanes) is 9. The van der Waals surface area contributed by atoms with Crippen LogP contribution in [0.3, 0.4) is 0 Å². The number of hydrogen-bond acceptors (Lipinski definition) is 6. The van der Waals surface area contributed by atoms with Crippen LogP contribution in [-0.2, 0) is 28.6 Å². The van der Waals surface area contributed by atoms with Crippen molar-refractivity contribution in [3.8, 4) is 0 Å². The second-order valence-electron chi connectivity index (χ2n) is 17.7. The van der Waals surface area contributed by atoms with Crippen LogP contribution in [0.15, 0.2) is 170 Å². The first-order chi connectivity index (χ1) is 35.5. The molecule has 0 fully saturated rings. The fourth-order valence-electron chi connectivity index (χ4n) is 6.83. The molecule has 0 heterocycles. The lowest BCUT2D eigenvalue weighted by atomic mass is 10.1. The number of carbonyl (C=O) groups excluding carboxylic acids is 3. The summed E-state index contributed by atoms with van der Waals surface area (Å²) >= 11 is 0. The van der Waals surface area contributed by atoms with E-state index in [0.717, 1.165) is 122 Å². The molecule has 72 heavy (non-hydrogen) atoms. The summed E-state index contributed by atoms with van der Waals surface area (Å²) in [6, 6.07) is 0. The molecule has 0 aliphatic rings. The molecule has 0 aliphatic heterocycles. The number of ether oxygens (including phenoxy) is 3. The Kier molecular flexibility index (Phi) is 54.1. The predicted octanol–water partition coefficient (Wildman–Crippen LogP) is 19.1. The smallest absolute Gasteiger partial charge is 0.306 e. The molecule has 0 spiro atoms. The van der Waals surface area contributed by atoms with Crippen LogP contribution in [0.25, 0.3) is 0 Å². The number of hydrogen-bond donors (Lipinski definition) is 0. The van der Waals surface area contributed by atoms with E-state index in [0.29, 0.717) is 19.3 Å². The van der Waals surface area contributed by atoms with Gasteiger partial charge in [-0.2, -0.15) is 0 Å². The van der Waals surface area contributed by atoms with Crippen LogP contribution in [-0.4, -0.2) is 37.2 Å². The highest BCUT2D eigenvalue weighted by molar-refractivity contribution is 5.71. The van der Waals surface area contributed by atoms with Crippen LogP contribution in [0.2, 0.25) is 0 Å². The van der Waals surface area contributed by atoms with Crippen LogP contribution in [0.4, 0.5) is 0 Å². The van der Waals surface area contributed by atoms with Gasteiger partial charge in [0.2, 0.25) is 0 Å². The van der Waals surface area contributed by atoms with Gasteiger partial charge in [-0.15, -0.1) is 0 Å². The van der Waals surface area contributed by atoms with Crippen LogP contribution in [0, 0.1) is 0 Å². The largest absolute Gasteiger partial charge is 0.462 e. The molecule has 0 rings (SSSR count). The molecule has 0 saturated heterocycles. The van der Waals surface area contributed by atoms with Crippen LogP contribution in [0.1, 0.15) is 207 Å². The Morgan fingerprint density at radius 2 is 0.542 bits per heavy atom. The van der Waals surface area contributed by atoms with E-state index < -0.39 is 12.1 Å². The van der Waals surface area contributed by atoms with Crippen molar-refractivity contribution < 1.29 is 28.6 Å². The van der Waals surface area contributed by atoms with Gasteiger partial charge in [-0.1, -0.05) is 236 Å². The molecule has 0 aromatic heterocycles. The fourth-order valence-corrected chi connectivity index (χ4v) is 6.83. The lowest BCUT2D eigenvalue weighted by molar-refractivity contribution is -0.167. The maximum atomic E-state index is 12.8.